The number of pyridine rings is 1. The zero-order chi connectivity index (χ0) is 17.0. The zero-order valence-corrected chi connectivity index (χ0v) is 14.1. The van der Waals surface area contributed by atoms with Crippen LogP contribution in [0.2, 0.25) is 0 Å². The summed E-state index contributed by atoms with van der Waals surface area (Å²) >= 11 is 0. The summed E-state index contributed by atoms with van der Waals surface area (Å²) in [4.78, 5) is 18.0. The van der Waals surface area contributed by atoms with Crippen LogP contribution in [0, 0.1) is 5.92 Å². The Morgan fingerprint density at radius 3 is 2.71 bits per heavy atom. The van der Waals surface area contributed by atoms with Gasteiger partial charge in [-0.05, 0) is 24.8 Å². The van der Waals surface area contributed by atoms with Crippen LogP contribution < -0.4 is 10.5 Å². The molecular formula is C15H21ClF3N3O2. The van der Waals surface area contributed by atoms with E-state index in [1.807, 2.05) is 0 Å². The number of nitrogens with two attached hydrogens (primary N) is 1. The number of likely N-dealkylation sites (tertiary alicyclic amines) is 1. The van der Waals surface area contributed by atoms with Crippen molar-refractivity contribution in [1.29, 1.82) is 0 Å². The molecule has 2 heterocycles. The molecule has 0 radical (unpaired) electrons. The molecule has 0 saturated carbocycles. The highest BCUT2D eigenvalue weighted by Gasteiger charge is 2.30. The van der Waals surface area contributed by atoms with Gasteiger partial charge in [0.2, 0.25) is 5.88 Å². The van der Waals surface area contributed by atoms with Crippen LogP contribution in [0.3, 0.4) is 0 Å². The molecule has 5 nitrogen and oxygen atoms in total. The number of hydrogen-bond donors (Lipinski definition) is 1. The molecule has 0 bridgehead atoms. The lowest BCUT2D eigenvalue weighted by Gasteiger charge is -2.38. The molecule has 24 heavy (non-hydrogen) atoms. The lowest BCUT2D eigenvalue weighted by molar-refractivity contribution is -0.154. The topological polar surface area (TPSA) is 68.5 Å². The Morgan fingerprint density at radius 1 is 1.46 bits per heavy atom. The fraction of sp³-hybridized carbons (Fsp3) is 0.600. The van der Waals surface area contributed by atoms with Gasteiger partial charge in [0, 0.05) is 31.4 Å². The second-order valence-electron chi connectivity index (χ2n) is 5.81. The van der Waals surface area contributed by atoms with Crippen LogP contribution >= 0.6 is 12.4 Å². The van der Waals surface area contributed by atoms with Gasteiger partial charge in [-0.1, -0.05) is 6.92 Å². The van der Waals surface area contributed by atoms with Gasteiger partial charge in [0.05, 0.1) is 5.56 Å². The molecule has 1 aliphatic heterocycles. The predicted octanol–water partition coefficient (Wildman–Crippen LogP) is 2.64. The average molecular weight is 368 g/mol. The molecule has 1 amide bonds. The number of nitrogens with zero attached hydrogens (tertiary/aromatic N) is 2. The fourth-order valence-electron chi connectivity index (χ4n) is 2.66. The predicted molar refractivity (Wildman–Crippen MR) is 85.3 cm³/mol. The summed E-state index contributed by atoms with van der Waals surface area (Å²) in [5, 5.41) is 0. The zero-order valence-electron chi connectivity index (χ0n) is 13.3. The van der Waals surface area contributed by atoms with Crippen molar-refractivity contribution in [1.82, 2.24) is 9.88 Å². The number of alkyl halides is 3. The Morgan fingerprint density at radius 2 is 2.17 bits per heavy atom. The van der Waals surface area contributed by atoms with Crippen molar-refractivity contribution in [3.05, 3.63) is 23.9 Å². The summed E-state index contributed by atoms with van der Waals surface area (Å²) in [6.07, 6.45) is -1.43. The monoisotopic (exact) mass is 367 g/mol. The van der Waals surface area contributed by atoms with Crippen LogP contribution in [-0.2, 0) is 0 Å². The van der Waals surface area contributed by atoms with Gasteiger partial charge in [0.1, 0.15) is 0 Å². The van der Waals surface area contributed by atoms with Gasteiger partial charge in [0.25, 0.3) is 5.91 Å². The van der Waals surface area contributed by atoms with E-state index in [0.29, 0.717) is 24.6 Å². The van der Waals surface area contributed by atoms with Gasteiger partial charge in [-0.3, -0.25) is 4.79 Å². The number of carbonyl (C=O) groups excluding carboxylic acids is 1. The molecule has 1 saturated heterocycles. The highest BCUT2D eigenvalue weighted by Crippen LogP contribution is 2.24. The molecule has 9 heteroatoms. The molecule has 2 N–H and O–H groups in total. The first-order valence-electron chi connectivity index (χ1n) is 7.47. The number of aromatic nitrogens is 1. The molecule has 0 aromatic carbocycles. The minimum Gasteiger partial charge on any atom is -0.468 e. The summed E-state index contributed by atoms with van der Waals surface area (Å²) < 4.78 is 40.8. The van der Waals surface area contributed by atoms with E-state index < -0.39 is 12.8 Å². The Labute approximate surface area is 144 Å². The maximum atomic E-state index is 12.5. The molecule has 1 fully saturated rings. The van der Waals surface area contributed by atoms with Crippen LogP contribution in [-0.4, -0.2) is 47.7 Å². The lowest BCUT2D eigenvalue weighted by atomic mass is 9.92. The first-order valence-corrected chi connectivity index (χ1v) is 7.47. The summed E-state index contributed by atoms with van der Waals surface area (Å²) in [6, 6.07) is 2.67. The van der Waals surface area contributed by atoms with E-state index >= 15 is 0 Å². The molecule has 2 atom stereocenters. The summed E-state index contributed by atoms with van der Waals surface area (Å²) in [7, 11) is 0. The van der Waals surface area contributed by atoms with Crippen molar-refractivity contribution in [3.8, 4) is 5.88 Å². The third-order valence-corrected chi connectivity index (χ3v) is 3.88. The van der Waals surface area contributed by atoms with Crippen LogP contribution in [0.4, 0.5) is 13.2 Å². The molecule has 1 aromatic heterocycles. The molecule has 2 unspecified atom stereocenters. The minimum absolute atomic E-state index is 0. The normalized spacial score (nSPS) is 21.1. The Hall–Kier alpha value is -1.54. The van der Waals surface area contributed by atoms with E-state index in [0.717, 1.165) is 12.8 Å². The Balaban J connectivity index is 0.00000288. The Bertz CT molecular complexity index is 540. The van der Waals surface area contributed by atoms with Gasteiger partial charge in [-0.15, -0.1) is 12.4 Å². The van der Waals surface area contributed by atoms with Gasteiger partial charge >= 0.3 is 6.18 Å². The molecule has 2 rings (SSSR count). The van der Waals surface area contributed by atoms with E-state index in [-0.39, 0.29) is 30.2 Å². The quantitative estimate of drug-likeness (QED) is 0.888. The van der Waals surface area contributed by atoms with Crippen molar-refractivity contribution in [2.45, 2.75) is 32.0 Å². The third kappa shape index (κ3) is 5.52. The average Bonchev–Trinajstić information content (AvgIpc) is 2.52. The van der Waals surface area contributed by atoms with Crippen LogP contribution in [0.15, 0.2) is 18.3 Å². The van der Waals surface area contributed by atoms with Crippen LogP contribution in [0.25, 0.3) is 0 Å². The maximum absolute atomic E-state index is 12.5. The second-order valence-corrected chi connectivity index (χ2v) is 5.81. The highest BCUT2D eigenvalue weighted by atomic mass is 35.5. The van der Waals surface area contributed by atoms with E-state index in [2.05, 4.69) is 16.6 Å². The number of carbonyl (C=O) groups is 1. The minimum atomic E-state index is -4.42. The Kier molecular flexibility index (Phi) is 7.28. The number of hydrogen-bond acceptors (Lipinski definition) is 4. The van der Waals surface area contributed by atoms with Crippen LogP contribution in [0.5, 0.6) is 5.88 Å². The first-order chi connectivity index (χ1) is 10.8. The maximum Gasteiger partial charge on any atom is 0.422 e. The summed E-state index contributed by atoms with van der Waals surface area (Å²) in [5.41, 5.74) is 6.06. The molecular weight excluding hydrogens is 347 g/mol. The van der Waals surface area contributed by atoms with E-state index in [9.17, 15) is 18.0 Å². The SMILES string of the molecule is CC1CCN(C(=O)c2ccc(OCC(F)(F)F)nc2)C(CN)C1.Cl. The standard InChI is InChI=1S/C15H20F3N3O2.ClH/c1-10-4-5-21(12(6-10)7-19)14(22)11-2-3-13(20-8-11)23-9-15(16,17)18;/h2-3,8,10,12H,4-7,9,19H2,1H3;1H. The van der Waals surface area contributed by atoms with E-state index in [4.69, 9.17) is 5.73 Å². The third-order valence-electron chi connectivity index (χ3n) is 3.88. The van der Waals surface area contributed by atoms with Gasteiger partial charge in [-0.2, -0.15) is 13.2 Å². The van der Waals surface area contributed by atoms with E-state index in [1.165, 1.54) is 18.3 Å². The van der Waals surface area contributed by atoms with Crippen molar-refractivity contribution in [3.63, 3.8) is 0 Å². The first kappa shape index (κ1) is 20.5. The smallest absolute Gasteiger partial charge is 0.422 e. The van der Waals surface area contributed by atoms with Gasteiger partial charge in [0.15, 0.2) is 6.61 Å². The van der Waals surface area contributed by atoms with E-state index in [1.54, 1.807) is 4.90 Å². The second kappa shape index (κ2) is 8.53. The number of ether oxygens (including phenoxy) is 1. The number of piperidine rings is 1. The van der Waals surface area contributed by atoms with Gasteiger partial charge < -0.3 is 15.4 Å². The highest BCUT2D eigenvalue weighted by molar-refractivity contribution is 5.94. The lowest BCUT2D eigenvalue weighted by Crippen LogP contribution is -2.49. The van der Waals surface area contributed by atoms with Crippen LogP contribution in [0.1, 0.15) is 30.1 Å². The summed E-state index contributed by atoms with van der Waals surface area (Å²) in [5.74, 6) is 0.146. The number of amides is 1. The molecule has 1 aliphatic rings. The largest absolute Gasteiger partial charge is 0.468 e. The van der Waals surface area contributed by atoms with Gasteiger partial charge in [-0.25, -0.2) is 4.98 Å². The molecule has 0 spiro atoms. The van der Waals surface area contributed by atoms with Crippen molar-refractivity contribution >= 4 is 18.3 Å². The molecule has 0 aliphatic carbocycles. The molecule has 1 aromatic rings. The number of halogens is 4. The van der Waals surface area contributed by atoms with Crippen molar-refractivity contribution < 1.29 is 22.7 Å². The van der Waals surface area contributed by atoms with Crippen molar-refractivity contribution in [2.75, 3.05) is 19.7 Å². The fourth-order valence-corrected chi connectivity index (χ4v) is 2.66. The molecule has 136 valence electrons. The number of rotatable bonds is 4. The summed E-state index contributed by atoms with van der Waals surface area (Å²) in [6.45, 7) is 1.72. The van der Waals surface area contributed by atoms with Crippen molar-refractivity contribution in [2.24, 2.45) is 11.7 Å².